The Hall–Kier alpha value is -1.35. The molecule has 21 heavy (non-hydrogen) atoms. The Morgan fingerprint density at radius 3 is 2.38 bits per heavy atom. The second-order valence-corrected chi connectivity index (χ2v) is 6.88. The molecule has 1 aromatic carbocycles. The zero-order valence-electron chi connectivity index (χ0n) is 12.5. The number of piperidine rings is 3. The van der Waals surface area contributed by atoms with Crippen LogP contribution in [0, 0.1) is 5.92 Å². The number of rotatable bonds is 3. The molecule has 0 radical (unpaired) electrons. The smallest absolute Gasteiger partial charge is 0.316 e. The Morgan fingerprint density at radius 2 is 1.86 bits per heavy atom. The van der Waals surface area contributed by atoms with E-state index in [0.29, 0.717) is 5.92 Å². The Morgan fingerprint density at radius 1 is 1.14 bits per heavy atom. The van der Waals surface area contributed by atoms with Crippen molar-refractivity contribution in [1.29, 1.82) is 0 Å². The number of hydrogen-bond donors (Lipinski definition) is 0. The first kappa shape index (κ1) is 13.3. The monoisotopic (exact) mass is 285 g/mol. The fraction of sp³-hybridized carbons (Fsp3) is 0.611. The second-order valence-electron chi connectivity index (χ2n) is 6.88. The van der Waals surface area contributed by atoms with Gasteiger partial charge in [-0.1, -0.05) is 36.8 Å². The van der Waals surface area contributed by atoms with Crippen molar-refractivity contribution in [3.63, 3.8) is 0 Å². The topological polar surface area (TPSA) is 29.5 Å². The van der Waals surface area contributed by atoms with E-state index in [0.717, 1.165) is 31.4 Å². The lowest BCUT2D eigenvalue weighted by atomic mass is 9.64. The molecular weight excluding hydrogens is 262 g/mol. The van der Waals surface area contributed by atoms with Crippen LogP contribution in [0.2, 0.25) is 0 Å². The number of fused-ring (bicyclic) bond motifs is 3. The summed E-state index contributed by atoms with van der Waals surface area (Å²) >= 11 is 0. The Labute approximate surface area is 126 Å². The Bertz CT molecular complexity index is 515. The molecule has 3 saturated heterocycles. The molecule has 2 bridgehead atoms. The summed E-state index contributed by atoms with van der Waals surface area (Å²) in [6.45, 7) is 3.31. The van der Waals surface area contributed by atoms with E-state index in [-0.39, 0.29) is 17.5 Å². The number of ether oxygens (including phenoxy) is 1. The van der Waals surface area contributed by atoms with Crippen molar-refractivity contribution in [3.05, 3.63) is 35.9 Å². The van der Waals surface area contributed by atoms with Gasteiger partial charge in [0.2, 0.25) is 0 Å². The summed E-state index contributed by atoms with van der Waals surface area (Å²) in [5, 5.41) is 0. The third kappa shape index (κ3) is 2.18. The van der Waals surface area contributed by atoms with Gasteiger partial charge < -0.3 is 4.74 Å². The highest BCUT2D eigenvalue weighted by Gasteiger charge is 2.49. The molecule has 3 heteroatoms. The predicted octanol–water partition coefficient (Wildman–Crippen LogP) is 2.75. The quantitative estimate of drug-likeness (QED) is 0.800. The van der Waals surface area contributed by atoms with Gasteiger partial charge >= 0.3 is 5.97 Å². The van der Waals surface area contributed by atoms with Crippen molar-refractivity contribution in [2.75, 3.05) is 19.6 Å². The summed E-state index contributed by atoms with van der Waals surface area (Å²) in [6.07, 6.45) is 5.52. The summed E-state index contributed by atoms with van der Waals surface area (Å²) in [5.74, 6) is 0.616. The van der Waals surface area contributed by atoms with E-state index >= 15 is 0 Å². The first-order valence-corrected chi connectivity index (χ1v) is 8.27. The molecule has 0 amide bonds. The van der Waals surface area contributed by atoms with Crippen molar-refractivity contribution in [2.45, 2.75) is 43.6 Å². The maximum Gasteiger partial charge on any atom is 0.316 e. The van der Waals surface area contributed by atoms with Crippen LogP contribution < -0.4 is 0 Å². The highest BCUT2D eigenvalue weighted by molar-refractivity contribution is 5.84. The molecule has 0 spiro atoms. The molecule has 4 fully saturated rings. The van der Waals surface area contributed by atoms with Gasteiger partial charge in [-0.3, -0.25) is 9.69 Å². The molecule has 3 aliphatic heterocycles. The van der Waals surface area contributed by atoms with Crippen LogP contribution in [0.1, 0.15) is 37.7 Å². The summed E-state index contributed by atoms with van der Waals surface area (Å²) in [4.78, 5) is 15.3. The summed E-state index contributed by atoms with van der Waals surface area (Å²) in [6, 6.07) is 10.2. The van der Waals surface area contributed by atoms with Crippen molar-refractivity contribution in [2.24, 2.45) is 5.92 Å². The third-order valence-corrected chi connectivity index (χ3v) is 5.78. The van der Waals surface area contributed by atoms with E-state index in [1.165, 1.54) is 25.9 Å². The lowest BCUT2D eigenvalue weighted by Gasteiger charge is -2.46. The van der Waals surface area contributed by atoms with Crippen LogP contribution in [-0.4, -0.2) is 36.6 Å². The molecule has 1 aliphatic carbocycles. The summed E-state index contributed by atoms with van der Waals surface area (Å²) < 4.78 is 6.01. The Kier molecular flexibility index (Phi) is 3.26. The standard InChI is InChI=1S/C18H23NO2/c20-17(21-16-13-19-11-7-14(16)8-12-19)18(9-4-10-18)15-5-2-1-3-6-15/h1-3,5-6,14,16H,4,7-13H2. The summed E-state index contributed by atoms with van der Waals surface area (Å²) in [7, 11) is 0. The van der Waals surface area contributed by atoms with Gasteiger partial charge in [0.15, 0.2) is 0 Å². The van der Waals surface area contributed by atoms with Gasteiger partial charge in [0.05, 0.1) is 5.41 Å². The maximum atomic E-state index is 12.9. The van der Waals surface area contributed by atoms with Gasteiger partial charge in [-0.25, -0.2) is 0 Å². The maximum absolute atomic E-state index is 12.9. The molecule has 4 aliphatic rings. The highest BCUT2D eigenvalue weighted by atomic mass is 16.5. The molecule has 1 aromatic rings. The molecule has 112 valence electrons. The minimum Gasteiger partial charge on any atom is -0.460 e. The first-order valence-electron chi connectivity index (χ1n) is 8.27. The molecule has 0 N–H and O–H groups in total. The minimum absolute atomic E-state index is 0.0266. The van der Waals surface area contributed by atoms with Gasteiger partial charge in [-0.15, -0.1) is 0 Å². The number of carbonyl (C=O) groups excluding carboxylic acids is 1. The van der Waals surface area contributed by atoms with Crippen LogP contribution >= 0.6 is 0 Å². The normalized spacial score (nSPS) is 33.2. The SMILES string of the molecule is O=C(OC1CN2CCC1CC2)C1(c2ccccc2)CCC1. The van der Waals surface area contributed by atoms with Crippen LogP contribution in [0.25, 0.3) is 0 Å². The van der Waals surface area contributed by atoms with Crippen LogP contribution in [0.4, 0.5) is 0 Å². The number of esters is 1. The number of nitrogens with zero attached hydrogens (tertiary/aromatic N) is 1. The van der Waals surface area contributed by atoms with E-state index < -0.39 is 0 Å². The minimum atomic E-state index is -0.354. The molecule has 3 heterocycles. The van der Waals surface area contributed by atoms with Crippen LogP contribution in [0.15, 0.2) is 30.3 Å². The van der Waals surface area contributed by atoms with E-state index in [9.17, 15) is 4.79 Å². The number of carbonyl (C=O) groups is 1. The molecule has 3 nitrogen and oxygen atoms in total. The Balaban J connectivity index is 1.51. The van der Waals surface area contributed by atoms with Gasteiger partial charge in [-0.2, -0.15) is 0 Å². The molecular formula is C18H23NO2. The molecule has 1 unspecified atom stereocenters. The number of hydrogen-bond acceptors (Lipinski definition) is 3. The lowest BCUT2D eigenvalue weighted by molar-refractivity contribution is -0.169. The van der Waals surface area contributed by atoms with Gasteiger partial charge in [0.25, 0.3) is 0 Å². The van der Waals surface area contributed by atoms with Crippen LogP contribution in [0.5, 0.6) is 0 Å². The average Bonchev–Trinajstić information content (AvgIpc) is 2.48. The zero-order valence-corrected chi connectivity index (χ0v) is 12.5. The van der Waals surface area contributed by atoms with E-state index in [1.54, 1.807) is 0 Å². The molecule has 1 saturated carbocycles. The molecule has 5 rings (SSSR count). The summed E-state index contributed by atoms with van der Waals surface area (Å²) in [5.41, 5.74) is 0.787. The average molecular weight is 285 g/mol. The van der Waals surface area contributed by atoms with Crippen molar-refractivity contribution in [3.8, 4) is 0 Å². The first-order chi connectivity index (χ1) is 10.3. The van der Waals surface area contributed by atoms with Crippen molar-refractivity contribution >= 4 is 5.97 Å². The van der Waals surface area contributed by atoms with Crippen molar-refractivity contribution in [1.82, 2.24) is 4.90 Å². The van der Waals surface area contributed by atoms with Crippen LogP contribution in [-0.2, 0) is 14.9 Å². The van der Waals surface area contributed by atoms with Gasteiger partial charge in [0, 0.05) is 6.54 Å². The molecule has 1 atom stereocenters. The predicted molar refractivity (Wildman–Crippen MR) is 81.0 cm³/mol. The largest absolute Gasteiger partial charge is 0.460 e. The zero-order chi connectivity index (χ0) is 14.3. The molecule has 0 aromatic heterocycles. The van der Waals surface area contributed by atoms with E-state index in [1.807, 2.05) is 18.2 Å². The fourth-order valence-corrected chi connectivity index (χ4v) is 4.19. The van der Waals surface area contributed by atoms with Gasteiger partial charge in [-0.05, 0) is 50.3 Å². The van der Waals surface area contributed by atoms with E-state index in [2.05, 4.69) is 17.0 Å². The fourth-order valence-electron chi connectivity index (χ4n) is 4.19. The number of benzene rings is 1. The second kappa shape index (κ2) is 5.13. The van der Waals surface area contributed by atoms with Crippen molar-refractivity contribution < 1.29 is 9.53 Å². The van der Waals surface area contributed by atoms with E-state index in [4.69, 9.17) is 4.74 Å². The lowest BCUT2D eigenvalue weighted by Crippen LogP contribution is -2.54. The third-order valence-electron chi connectivity index (χ3n) is 5.78. The van der Waals surface area contributed by atoms with Crippen LogP contribution in [0.3, 0.4) is 0 Å². The highest BCUT2D eigenvalue weighted by Crippen LogP contribution is 2.45. The van der Waals surface area contributed by atoms with Gasteiger partial charge in [0.1, 0.15) is 6.10 Å².